The molecule has 10 heterocycles. The average molecular weight is 859 g/mol. The lowest BCUT2D eigenvalue weighted by Crippen LogP contribution is -2.53. The number of carbonyl (C=O) groups excluding carboxylic acids is 3. The molecule has 4 aliphatic rings. The number of carbonyl (C=O) groups is 3. The topological polar surface area (TPSA) is 185 Å². The second-order valence-corrected chi connectivity index (χ2v) is 16.1. The van der Waals surface area contributed by atoms with Crippen molar-refractivity contribution < 1.29 is 69.3 Å². The first kappa shape index (κ1) is 40.3. The van der Waals surface area contributed by atoms with Crippen molar-refractivity contribution in [1.29, 1.82) is 0 Å². The molecule has 4 aliphatic heterocycles. The molecule has 0 radical (unpaired) electrons. The number of hydrogen-bond acceptors (Lipinski definition) is 15. The van der Waals surface area contributed by atoms with Crippen LogP contribution in [0.1, 0.15) is 73.6 Å². The summed E-state index contributed by atoms with van der Waals surface area (Å²) >= 11 is 0. The Bertz CT molecular complexity index is 2300. The van der Waals surface area contributed by atoms with Gasteiger partial charge >= 0.3 is 17.9 Å². The fourth-order valence-corrected chi connectivity index (χ4v) is 8.75. The zero-order valence-electron chi connectivity index (χ0n) is 34.2. The lowest BCUT2D eigenvalue weighted by atomic mass is 9.83. The molecule has 0 saturated carbocycles. The molecular formula is C48H42O15. The molecule has 0 amide bonds. The molecular weight excluding hydrogens is 817 g/mol. The van der Waals surface area contributed by atoms with Crippen molar-refractivity contribution >= 4 is 17.9 Å². The Morgan fingerprint density at radius 1 is 0.381 bits per heavy atom. The van der Waals surface area contributed by atoms with Gasteiger partial charge in [0.2, 0.25) is 0 Å². The minimum Gasteiger partial charge on any atom is -0.466 e. The monoisotopic (exact) mass is 858 g/mol. The number of hydrogen-bond donors (Lipinski definition) is 0. The van der Waals surface area contributed by atoms with Crippen LogP contribution in [0.2, 0.25) is 0 Å². The number of furan rings is 6. The summed E-state index contributed by atoms with van der Waals surface area (Å²) in [6.45, 7) is 5.32. The van der Waals surface area contributed by atoms with E-state index >= 15 is 0 Å². The predicted octanol–water partition coefficient (Wildman–Crippen LogP) is 8.87. The zero-order chi connectivity index (χ0) is 43.3. The fraction of sp³-hybridized carbons (Fsp3) is 0.312. The molecule has 0 aliphatic carbocycles. The van der Waals surface area contributed by atoms with Gasteiger partial charge in [-0.3, -0.25) is 0 Å². The number of rotatable bonds is 6. The molecule has 15 nitrogen and oxygen atoms in total. The van der Waals surface area contributed by atoms with Crippen LogP contribution in [0.25, 0.3) is 0 Å². The highest BCUT2D eigenvalue weighted by Gasteiger charge is 2.59. The third kappa shape index (κ3) is 6.74. The number of esters is 3. The molecule has 1 saturated heterocycles. The normalized spacial score (nSPS) is 34.7. The van der Waals surface area contributed by atoms with Gasteiger partial charge < -0.3 is 54.9 Å². The summed E-state index contributed by atoms with van der Waals surface area (Å²) in [6, 6.07) is 19.6. The fourth-order valence-electron chi connectivity index (χ4n) is 8.75. The molecule has 6 aromatic heterocycles. The van der Waals surface area contributed by atoms with Crippen molar-refractivity contribution in [3.8, 4) is 0 Å². The third-order valence-electron chi connectivity index (χ3n) is 12.0. The summed E-state index contributed by atoms with van der Waals surface area (Å²) in [5, 5.41) is 0. The Balaban J connectivity index is 1.19. The summed E-state index contributed by atoms with van der Waals surface area (Å²) in [4.78, 5) is 44.9. The van der Waals surface area contributed by atoms with Crippen molar-refractivity contribution in [2.45, 2.75) is 74.2 Å². The van der Waals surface area contributed by atoms with Gasteiger partial charge in [0.15, 0.2) is 53.4 Å². The maximum Gasteiger partial charge on any atom is 0.336 e. The molecule has 0 spiro atoms. The van der Waals surface area contributed by atoms with Crippen molar-refractivity contribution in [2.75, 3.05) is 0 Å². The second kappa shape index (κ2) is 15.8. The highest BCUT2D eigenvalue weighted by atomic mass is 16.7. The van der Waals surface area contributed by atoms with Crippen molar-refractivity contribution in [3.63, 3.8) is 0 Å². The quantitative estimate of drug-likeness (QED) is 0.0878. The lowest BCUT2D eigenvalue weighted by molar-refractivity contribution is -0.240. The Morgan fingerprint density at radius 2 is 0.651 bits per heavy atom. The Hall–Kier alpha value is -6.81. The molecule has 0 aromatic carbocycles. The smallest absolute Gasteiger partial charge is 0.336 e. The first-order valence-corrected chi connectivity index (χ1v) is 20.6. The van der Waals surface area contributed by atoms with Crippen LogP contribution in [0.5, 0.6) is 0 Å². The van der Waals surface area contributed by atoms with Gasteiger partial charge in [0.05, 0.1) is 37.6 Å². The largest absolute Gasteiger partial charge is 0.466 e. The molecule has 15 heteroatoms. The van der Waals surface area contributed by atoms with Gasteiger partial charge in [0.25, 0.3) is 0 Å². The molecule has 0 unspecified atom stereocenters. The third-order valence-corrected chi connectivity index (χ3v) is 12.0. The maximum absolute atomic E-state index is 15.0. The van der Waals surface area contributed by atoms with E-state index in [-0.39, 0.29) is 34.6 Å². The van der Waals surface area contributed by atoms with Crippen molar-refractivity contribution in [1.82, 2.24) is 0 Å². The van der Waals surface area contributed by atoms with Crippen LogP contribution in [0.3, 0.4) is 0 Å². The van der Waals surface area contributed by atoms with Crippen LogP contribution in [-0.2, 0) is 59.6 Å². The first-order valence-electron chi connectivity index (χ1n) is 20.6. The zero-order valence-corrected chi connectivity index (χ0v) is 34.2. The van der Waals surface area contributed by atoms with E-state index in [0.29, 0.717) is 0 Å². The maximum atomic E-state index is 15.0. The standard InChI is InChI=1S/C48H42O15/c1-28-16-19-46(34-13-7-25-55-34)40(31-10-4-22-52-31)59-44(50)38-30(3)18-21-48(63-38,36-15-9-27-57-36)42(33-12-6-24-54-33)60-45(51)39-29(2)17-20-47(62-39,35-14-8-26-56-35)41(32-11-5-23-53-32)58-43(49)37(28)61-46/h4-30,37-42H,1-3H3/t28-,29-,30-,37+,38+,39+,40+,41+,42+,46+,47+,48+/m1/s1. The number of fused-ring (bicyclic) bond motifs is 6. The van der Waals surface area contributed by atoms with Gasteiger partial charge in [-0.05, 0) is 91.0 Å². The molecule has 1 fully saturated rings. The van der Waals surface area contributed by atoms with Crippen LogP contribution >= 0.6 is 0 Å². The minimum absolute atomic E-state index is 0.158. The number of ether oxygens (including phenoxy) is 6. The predicted molar refractivity (Wildman–Crippen MR) is 213 cm³/mol. The van der Waals surface area contributed by atoms with Gasteiger partial charge in [0, 0.05) is 17.8 Å². The highest BCUT2D eigenvalue weighted by molar-refractivity contribution is 5.78. The second-order valence-electron chi connectivity index (χ2n) is 16.1. The van der Waals surface area contributed by atoms with Crippen LogP contribution < -0.4 is 0 Å². The van der Waals surface area contributed by atoms with E-state index < -0.39 is 89.1 Å². The molecule has 10 rings (SSSR count). The van der Waals surface area contributed by atoms with E-state index in [1.807, 2.05) is 0 Å². The Kier molecular flexibility index (Phi) is 10.1. The molecule has 63 heavy (non-hydrogen) atoms. The lowest BCUT2D eigenvalue weighted by Gasteiger charge is -2.45. The average Bonchev–Trinajstić information content (AvgIpc) is 4.14. The van der Waals surface area contributed by atoms with Crippen LogP contribution in [0.15, 0.2) is 173 Å². The van der Waals surface area contributed by atoms with E-state index in [0.717, 1.165) is 0 Å². The number of cyclic esters (lactones) is 3. The van der Waals surface area contributed by atoms with Crippen molar-refractivity contribution in [3.05, 3.63) is 181 Å². The summed E-state index contributed by atoms with van der Waals surface area (Å²) in [5.41, 5.74) is -5.47. The molecule has 6 aromatic rings. The van der Waals surface area contributed by atoms with Gasteiger partial charge in [-0.2, -0.15) is 0 Å². The van der Waals surface area contributed by atoms with E-state index in [1.165, 1.54) is 37.6 Å². The molecule has 0 N–H and O–H groups in total. The van der Waals surface area contributed by atoms with Crippen LogP contribution in [0.4, 0.5) is 0 Å². The molecule has 324 valence electrons. The van der Waals surface area contributed by atoms with E-state index in [1.54, 1.807) is 130 Å². The molecule has 12 atom stereocenters. The van der Waals surface area contributed by atoms with Gasteiger partial charge in [-0.25, -0.2) is 14.4 Å². The van der Waals surface area contributed by atoms with E-state index in [4.69, 9.17) is 54.9 Å². The van der Waals surface area contributed by atoms with Crippen LogP contribution in [0, 0.1) is 17.8 Å². The van der Waals surface area contributed by atoms with Crippen molar-refractivity contribution in [2.24, 2.45) is 17.8 Å². The Labute approximate surface area is 359 Å². The van der Waals surface area contributed by atoms with Gasteiger partial charge in [-0.15, -0.1) is 0 Å². The van der Waals surface area contributed by atoms with Gasteiger partial charge in [0.1, 0.15) is 34.6 Å². The summed E-state index contributed by atoms with van der Waals surface area (Å²) in [7, 11) is 0. The summed E-state index contributed by atoms with van der Waals surface area (Å²) in [6.07, 6.45) is 10.5. The molecule has 6 bridgehead atoms. The van der Waals surface area contributed by atoms with Crippen LogP contribution in [-0.4, -0.2) is 36.2 Å². The summed E-state index contributed by atoms with van der Waals surface area (Å²) < 4.78 is 76.2. The van der Waals surface area contributed by atoms with Gasteiger partial charge in [-0.1, -0.05) is 39.0 Å². The highest BCUT2D eigenvalue weighted by Crippen LogP contribution is 2.53. The Morgan fingerprint density at radius 3 is 0.889 bits per heavy atom. The first-order chi connectivity index (χ1) is 30.6. The van der Waals surface area contributed by atoms with E-state index in [2.05, 4.69) is 0 Å². The SMILES string of the molecule is C[C@@H]1C=C[C@@]2(c3ccco3)O[C@@H]1C(=O)O[C@@H](c1ccco1)[C@@]1(c3ccco3)C=C[C@@H](C)[C@H](O1)C(=O)O[C@@H](c1ccco1)[C@@]1(c3ccco3)C=C[C@@H](C)[C@H](O1)C(=O)O[C@H]2c1ccco1. The summed E-state index contributed by atoms with van der Waals surface area (Å²) in [5.74, 6) is -3.37. The minimum atomic E-state index is -1.82. The van der Waals surface area contributed by atoms with E-state index in [9.17, 15) is 14.4 Å².